The maximum absolute atomic E-state index is 13.1. The van der Waals surface area contributed by atoms with Gasteiger partial charge in [0.25, 0.3) is 0 Å². The molecule has 0 aromatic heterocycles. The van der Waals surface area contributed by atoms with Crippen molar-refractivity contribution in [2.75, 3.05) is 6.54 Å². The summed E-state index contributed by atoms with van der Waals surface area (Å²) in [5, 5.41) is 12.6. The van der Waals surface area contributed by atoms with Crippen LogP contribution in [0.1, 0.15) is 36.9 Å². The van der Waals surface area contributed by atoms with E-state index < -0.39 is 0 Å². The minimum absolute atomic E-state index is 0.157. The minimum Gasteiger partial charge on any atom is -0.392 e. The first kappa shape index (κ1) is 11.6. The molecule has 0 bridgehead atoms. The second-order valence-corrected chi connectivity index (χ2v) is 4.55. The summed E-state index contributed by atoms with van der Waals surface area (Å²) >= 11 is 0. The average molecular weight is 223 g/mol. The van der Waals surface area contributed by atoms with Crippen molar-refractivity contribution in [1.82, 2.24) is 5.32 Å². The minimum atomic E-state index is -0.342. The molecule has 0 fully saturated rings. The lowest BCUT2D eigenvalue weighted by Gasteiger charge is -2.27. The Morgan fingerprint density at radius 2 is 2.38 bits per heavy atom. The molecule has 2 atom stereocenters. The highest BCUT2D eigenvalue weighted by Gasteiger charge is 2.20. The zero-order valence-corrected chi connectivity index (χ0v) is 9.54. The van der Waals surface area contributed by atoms with Gasteiger partial charge in [0, 0.05) is 12.6 Å². The van der Waals surface area contributed by atoms with Gasteiger partial charge in [-0.05, 0) is 49.4 Å². The summed E-state index contributed by atoms with van der Waals surface area (Å²) in [6.45, 7) is 2.35. The lowest BCUT2D eigenvalue weighted by molar-refractivity contribution is 0.184. The third kappa shape index (κ3) is 2.60. The first-order valence-electron chi connectivity index (χ1n) is 5.86. The van der Waals surface area contributed by atoms with Crippen LogP contribution in [0.5, 0.6) is 0 Å². The molecule has 0 aliphatic heterocycles. The second kappa shape index (κ2) is 4.93. The van der Waals surface area contributed by atoms with Gasteiger partial charge in [-0.15, -0.1) is 0 Å². The molecule has 1 aromatic carbocycles. The Kier molecular flexibility index (Phi) is 3.56. The van der Waals surface area contributed by atoms with E-state index in [0.29, 0.717) is 6.54 Å². The van der Waals surface area contributed by atoms with Gasteiger partial charge in [0.15, 0.2) is 0 Å². The number of aryl methyl sites for hydroxylation is 1. The summed E-state index contributed by atoms with van der Waals surface area (Å²) in [5.41, 5.74) is 2.29. The molecule has 88 valence electrons. The number of rotatable bonds is 3. The fraction of sp³-hybridized carbons (Fsp3) is 0.538. The predicted octanol–water partition coefficient (Wildman–Crippen LogP) is 2.17. The van der Waals surface area contributed by atoms with Gasteiger partial charge in [-0.2, -0.15) is 0 Å². The summed E-state index contributed by atoms with van der Waals surface area (Å²) in [7, 11) is 0. The van der Waals surface area contributed by atoms with Crippen LogP contribution in [0.15, 0.2) is 18.2 Å². The molecule has 2 unspecified atom stereocenters. The Hall–Kier alpha value is -0.930. The number of hydrogen-bond acceptors (Lipinski definition) is 2. The summed E-state index contributed by atoms with van der Waals surface area (Å²) in [6, 6.07) is 5.27. The van der Waals surface area contributed by atoms with E-state index in [-0.39, 0.29) is 18.0 Å². The molecule has 16 heavy (non-hydrogen) atoms. The first-order valence-corrected chi connectivity index (χ1v) is 5.86. The van der Waals surface area contributed by atoms with Crippen LogP contribution in [0.25, 0.3) is 0 Å². The standard InChI is InChI=1S/C13H18FNO/c1-9(16)8-15-13-4-2-3-10-7-11(14)5-6-12(10)13/h5-7,9,13,15-16H,2-4,8H2,1H3. The molecule has 2 N–H and O–H groups in total. The van der Waals surface area contributed by atoms with Crippen LogP contribution < -0.4 is 5.32 Å². The molecule has 2 rings (SSSR count). The van der Waals surface area contributed by atoms with Crippen LogP contribution in [-0.4, -0.2) is 17.8 Å². The Morgan fingerprint density at radius 1 is 1.56 bits per heavy atom. The van der Waals surface area contributed by atoms with Crippen LogP contribution in [0.4, 0.5) is 4.39 Å². The number of aliphatic hydroxyl groups excluding tert-OH is 1. The molecular weight excluding hydrogens is 205 g/mol. The van der Waals surface area contributed by atoms with Crippen molar-refractivity contribution in [3.63, 3.8) is 0 Å². The summed E-state index contributed by atoms with van der Waals surface area (Å²) < 4.78 is 13.1. The van der Waals surface area contributed by atoms with Crippen LogP contribution >= 0.6 is 0 Å². The van der Waals surface area contributed by atoms with Crippen molar-refractivity contribution in [2.45, 2.75) is 38.3 Å². The van der Waals surface area contributed by atoms with Gasteiger partial charge in [-0.25, -0.2) is 4.39 Å². The van der Waals surface area contributed by atoms with Crippen LogP contribution in [0.3, 0.4) is 0 Å². The number of nitrogens with one attached hydrogen (secondary N) is 1. The van der Waals surface area contributed by atoms with Gasteiger partial charge in [0.2, 0.25) is 0 Å². The summed E-state index contributed by atoms with van der Waals surface area (Å²) in [4.78, 5) is 0. The van der Waals surface area contributed by atoms with Crippen LogP contribution in [0, 0.1) is 5.82 Å². The fourth-order valence-electron chi connectivity index (χ4n) is 2.31. The number of fused-ring (bicyclic) bond motifs is 1. The molecule has 1 aliphatic carbocycles. The zero-order chi connectivity index (χ0) is 11.5. The highest BCUT2D eigenvalue weighted by atomic mass is 19.1. The summed E-state index contributed by atoms with van der Waals surface area (Å²) in [5.74, 6) is -0.157. The van der Waals surface area contributed by atoms with Crippen molar-refractivity contribution < 1.29 is 9.50 Å². The van der Waals surface area contributed by atoms with Gasteiger partial charge in [-0.1, -0.05) is 6.07 Å². The van der Waals surface area contributed by atoms with Crippen molar-refractivity contribution >= 4 is 0 Å². The van der Waals surface area contributed by atoms with Crippen molar-refractivity contribution in [3.8, 4) is 0 Å². The largest absolute Gasteiger partial charge is 0.392 e. The fourth-order valence-corrected chi connectivity index (χ4v) is 2.31. The van der Waals surface area contributed by atoms with E-state index in [1.165, 1.54) is 11.6 Å². The van der Waals surface area contributed by atoms with E-state index >= 15 is 0 Å². The third-order valence-corrected chi connectivity index (χ3v) is 3.08. The molecule has 0 saturated heterocycles. The lowest BCUT2D eigenvalue weighted by Crippen LogP contribution is -2.31. The summed E-state index contributed by atoms with van der Waals surface area (Å²) in [6.07, 6.45) is 2.75. The lowest BCUT2D eigenvalue weighted by atomic mass is 9.87. The molecule has 0 saturated carbocycles. The Morgan fingerprint density at radius 3 is 3.12 bits per heavy atom. The van der Waals surface area contributed by atoms with E-state index in [0.717, 1.165) is 24.8 Å². The third-order valence-electron chi connectivity index (χ3n) is 3.08. The topological polar surface area (TPSA) is 32.3 Å². The zero-order valence-electron chi connectivity index (χ0n) is 9.54. The number of aliphatic hydroxyl groups is 1. The average Bonchev–Trinajstić information content (AvgIpc) is 2.25. The first-order chi connectivity index (χ1) is 7.66. The maximum atomic E-state index is 13.1. The van der Waals surface area contributed by atoms with E-state index in [2.05, 4.69) is 5.32 Å². The SMILES string of the molecule is CC(O)CNC1CCCc2cc(F)ccc21. The van der Waals surface area contributed by atoms with Gasteiger partial charge >= 0.3 is 0 Å². The smallest absolute Gasteiger partial charge is 0.123 e. The number of benzene rings is 1. The molecular formula is C13H18FNO. The second-order valence-electron chi connectivity index (χ2n) is 4.55. The molecule has 3 heteroatoms. The quantitative estimate of drug-likeness (QED) is 0.823. The monoisotopic (exact) mass is 223 g/mol. The molecule has 1 aromatic rings. The predicted molar refractivity (Wildman–Crippen MR) is 61.8 cm³/mol. The molecule has 0 radical (unpaired) electrons. The molecule has 0 heterocycles. The molecule has 2 nitrogen and oxygen atoms in total. The van der Waals surface area contributed by atoms with Gasteiger partial charge < -0.3 is 10.4 Å². The van der Waals surface area contributed by atoms with Gasteiger partial charge in [0.05, 0.1) is 6.10 Å². The van der Waals surface area contributed by atoms with E-state index in [1.807, 2.05) is 6.07 Å². The highest BCUT2D eigenvalue weighted by molar-refractivity contribution is 5.32. The van der Waals surface area contributed by atoms with Gasteiger partial charge in [0.1, 0.15) is 5.82 Å². The van der Waals surface area contributed by atoms with E-state index in [4.69, 9.17) is 0 Å². The number of hydrogen-bond donors (Lipinski definition) is 2. The Labute approximate surface area is 95.5 Å². The normalized spacial score (nSPS) is 21.6. The highest BCUT2D eigenvalue weighted by Crippen LogP contribution is 2.29. The Balaban J connectivity index is 2.13. The van der Waals surface area contributed by atoms with Crippen LogP contribution in [-0.2, 0) is 6.42 Å². The Bertz CT molecular complexity index is 365. The van der Waals surface area contributed by atoms with Gasteiger partial charge in [-0.3, -0.25) is 0 Å². The molecule has 0 amide bonds. The maximum Gasteiger partial charge on any atom is 0.123 e. The van der Waals surface area contributed by atoms with Crippen LogP contribution in [0.2, 0.25) is 0 Å². The van der Waals surface area contributed by atoms with Crippen molar-refractivity contribution in [1.29, 1.82) is 0 Å². The molecule has 1 aliphatic rings. The van der Waals surface area contributed by atoms with E-state index in [1.54, 1.807) is 13.0 Å². The molecule has 0 spiro atoms. The van der Waals surface area contributed by atoms with Crippen molar-refractivity contribution in [3.05, 3.63) is 35.1 Å². The van der Waals surface area contributed by atoms with E-state index in [9.17, 15) is 9.50 Å². The van der Waals surface area contributed by atoms with Crippen molar-refractivity contribution in [2.24, 2.45) is 0 Å². The number of halogens is 1.